The summed E-state index contributed by atoms with van der Waals surface area (Å²) in [6.45, 7) is 0. The first-order chi connectivity index (χ1) is 6.73. The van der Waals surface area contributed by atoms with Crippen LogP contribution in [0.15, 0.2) is 12.4 Å². The summed E-state index contributed by atoms with van der Waals surface area (Å²) in [6.07, 6.45) is -3.76. The monoisotopic (exact) mass is 224 g/mol. The zero-order valence-corrected chi connectivity index (χ0v) is 7.19. The molecule has 0 amide bonds. The largest absolute Gasteiger partial charge is 0.490 e. The van der Waals surface area contributed by atoms with E-state index in [1.165, 1.54) is 12.4 Å². The molecule has 1 aromatic heterocycles. The van der Waals surface area contributed by atoms with Crippen LogP contribution in [0.2, 0.25) is 0 Å². The van der Waals surface area contributed by atoms with Crippen LogP contribution in [0.3, 0.4) is 0 Å². The summed E-state index contributed by atoms with van der Waals surface area (Å²) in [5.74, 6) is -1.96. The average Bonchev–Trinajstić information content (AvgIpc) is 2.02. The number of nitrogens with two attached hydrogens (primary N) is 2. The quantitative estimate of drug-likeness (QED) is 0.582. The number of carboxylic acid groups (broad SMARTS) is 1. The Labute approximate surface area is 81.7 Å². The molecular formula is C6H7F3N4O2. The van der Waals surface area contributed by atoms with Crippen LogP contribution in [-0.4, -0.2) is 27.2 Å². The van der Waals surface area contributed by atoms with Crippen LogP contribution < -0.4 is 11.5 Å². The zero-order chi connectivity index (χ0) is 12.1. The Morgan fingerprint density at radius 3 is 1.73 bits per heavy atom. The van der Waals surface area contributed by atoms with E-state index in [2.05, 4.69) is 9.97 Å². The molecule has 0 aliphatic heterocycles. The predicted molar refractivity (Wildman–Crippen MR) is 44.5 cm³/mol. The summed E-state index contributed by atoms with van der Waals surface area (Å²) in [4.78, 5) is 16.1. The molecule has 15 heavy (non-hydrogen) atoms. The van der Waals surface area contributed by atoms with Crippen LogP contribution in [0.5, 0.6) is 0 Å². The standard InChI is InChI=1S/C4H6N4.C2HF3O2/c5-3-1-4(6)8-2-7-3;3-2(4,5)1(6)7/h1-2H,(H4,5,6,7,8);(H,6,7). The molecule has 0 aliphatic rings. The van der Waals surface area contributed by atoms with Gasteiger partial charge in [-0.25, -0.2) is 14.8 Å². The first-order valence-electron chi connectivity index (χ1n) is 3.36. The summed E-state index contributed by atoms with van der Waals surface area (Å²) in [5, 5.41) is 7.12. The van der Waals surface area contributed by atoms with Crippen molar-refractivity contribution in [3.05, 3.63) is 12.4 Å². The van der Waals surface area contributed by atoms with E-state index in [9.17, 15) is 13.2 Å². The first kappa shape index (κ1) is 12.9. The summed E-state index contributed by atoms with van der Waals surface area (Å²) in [7, 11) is 0. The Balaban J connectivity index is 0.000000265. The van der Waals surface area contributed by atoms with Gasteiger partial charge in [0.25, 0.3) is 0 Å². The lowest BCUT2D eigenvalue weighted by atomic mass is 10.5. The number of hydrogen-bond donors (Lipinski definition) is 3. The van der Waals surface area contributed by atoms with E-state index < -0.39 is 12.1 Å². The van der Waals surface area contributed by atoms with Crippen LogP contribution in [0, 0.1) is 0 Å². The number of anilines is 2. The summed E-state index contributed by atoms with van der Waals surface area (Å²) in [6, 6.07) is 1.50. The fourth-order valence-corrected chi connectivity index (χ4v) is 0.388. The molecule has 1 rings (SSSR count). The van der Waals surface area contributed by atoms with Crippen molar-refractivity contribution in [1.82, 2.24) is 9.97 Å². The highest BCUT2D eigenvalue weighted by molar-refractivity contribution is 5.73. The summed E-state index contributed by atoms with van der Waals surface area (Å²) >= 11 is 0. The number of aromatic nitrogens is 2. The van der Waals surface area contributed by atoms with Gasteiger partial charge in [-0.15, -0.1) is 0 Å². The predicted octanol–water partition coefficient (Wildman–Crippen LogP) is 0.274. The molecule has 6 nitrogen and oxygen atoms in total. The molecular weight excluding hydrogens is 217 g/mol. The average molecular weight is 224 g/mol. The van der Waals surface area contributed by atoms with Crippen molar-refractivity contribution in [2.75, 3.05) is 11.5 Å². The minimum Gasteiger partial charge on any atom is -0.475 e. The highest BCUT2D eigenvalue weighted by Crippen LogP contribution is 2.13. The maximum absolute atomic E-state index is 10.6. The molecule has 0 aromatic carbocycles. The van der Waals surface area contributed by atoms with Gasteiger partial charge in [-0.2, -0.15) is 13.2 Å². The van der Waals surface area contributed by atoms with Crippen molar-refractivity contribution in [2.24, 2.45) is 0 Å². The lowest BCUT2D eigenvalue weighted by molar-refractivity contribution is -0.192. The van der Waals surface area contributed by atoms with Gasteiger partial charge in [-0.1, -0.05) is 0 Å². The molecule has 5 N–H and O–H groups in total. The topological polar surface area (TPSA) is 115 Å². The van der Waals surface area contributed by atoms with Crippen molar-refractivity contribution in [1.29, 1.82) is 0 Å². The van der Waals surface area contributed by atoms with Gasteiger partial charge in [-0.3, -0.25) is 0 Å². The Hall–Kier alpha value is -2.06. The maximum atomic E-state index is 10.6. The second-order valence-corrected chi connectivity index (χ2v) is 2.17. The Morgan fingerprint density at radius 2 is 1.60 bits per heavy atom. The number of alkyl halides is 3. The van der Waals surface area contributed by atoms with E-state index in [0.29, 0.717) is 11.6 Å². The van der Waals surface area contributed by atoms with Gasteiger partial charge >= 0.3 is 12.1 Å². The van der Waals surface area contributed by atoms with Gasteiger partial charge in [0.1, 0.15) is 18.0 Å². The highest BCUT2D eigenvalue weighted by atomic mass is 19.4. The van der Waals surface area contributed by atoms with Crippen LogP contribution in [0.1, 0.15) is 0 Å². The molecule has 0 saturated heterocycles. The molecule has 0 atom stereocenters. The number of nitrogens with zero attached hydrogens (tertiary/aromatic N) is 2. The van der Waals surface area contributed by atoms with E-state index in [0.717, 1.165) is 0 Å². The van der Waals surface area contributed by atoms with Gasteiger partial charge in [0.05, 0.1) is 0 Å². The van der Waals surface area contributed by atoms with Crippen LogP contribution >= 0.6 is 0 Å². The number of carboxylic acids is 1. The van der Waals surface area contributed by atoms with Crippen molar-refractivity contribution in [3.63, 3.8) is 0 Å². The highest BCUT2D eigenvalue weighted by Gasteiger charge is 2.38. The van der Waals surface area contributed by atoms with Crippen molar-refractivity contribution in [3.8, 4) is 0 Å². The maximum Gasteiger partial charge on any atom is 0.490 e. The van der Waals surface area contributed by atoms with Gasteiger partial charge < -0.3 is 16.6 Å². The number of nitrogen functional groups attached to an aromatic ring is 2. The molecule has 0 fully saturated rings. The van der Waals surface area contributed by atoms with Crippen molar-refractivity contribution < 1.29 is 23.1 Å². The molecule has 0 bridgehead atoms. The second kappa shape index (κ2) is 4.98. The normalized spacial score (nSPS) is 10.1. The molecule has 1 heterocycles. The van der Waals surface area contributed by atoms with Crippen molar-refractivity contribution >= 4 is 17.6 Å². The molecule has 0 saturated carbocycles. The molecule has 0 spiro atoms. The van der Waals surface area contributed by atoms with Gasteiger partial charge in [0, 0.05) is 6.07 Å². The van der Waals surface area contributed by atoms with Crippen LogP contribution in [-0.2, 0) is 4.79 Å². The van der Waals surface area contributed by atoms with Crippen LogP contribution in [0.4, 0.5) is 24.8 Å². The van der Waals surface area contributed by atoms with E-state index in [1.54, 1.807) is 0 Å². The smallest absolute Gasteiger partial charge is 0.475 e. The number of carbonyl (C=O) groups is 1. The van der Waals surface area contributed by atoms with E-state index in [4.69, 9.17) is 21.4 Å². The van der Waals surface area contributed by atoms with Gasteiger partial charge in [0.15, 0.2) is 0 Å². The Morgan fingerprint density at radius 1 is 1.27 bits per heavy atom. The summed E-state index contributed by atoms with van der Waals surface area (Å²) < 4.78 is 31.7. The lowest BCUT2D eigenvalue weighted by Gasteiger charge is -1.93. The third kappa shape index (κ3) is 6.07. The van der Waals surface area contributed by atoms with E-state index >= 15 is 0 Å². The number of halogens is 3. The molecule has 1 aromatic rings. The Kier molecular flexibility index (Phi) is 4.30. The SMILES string of the molecule is Nc1cc(N)ncn1.O=C(O)C(F)(F)F. The molecule has 84 valence electrons. The molecule has 0 unspecified atom stereocenters. The van der Waals surface area contributed by atoms with E-state index in [1.807, 2.05) is 0 Å². The van der Waals surface area contributed by atoms with Gasteiger partial charge in [-0.05, 0) is 0 Å². The minimum atomic E-state index is -5.08. The molecule has 0 radical (unpaired) electrons. The summed E-state index contributed by atoms with van der Waals surface area (Å²) in [5.41, 5.74) is 10.5. The molecule has 9 heteroatoms. The number of hydrogen-bond acceptors (Lipinski definition) is 5. The third-order valence-electron chi connectivity index (χ3n) is 0.952. The third-order valence-corrected chi connectivity index (χ3v) is 0.952. The fraction of sp³-hybridized carbons (Fsp3) is 0.167. The first-order valence-corrected chi connectivity index (χ1v) is 3.36. The number of rotatable bonds is 0. The van der Waals surface area contributed by atoms with E-state index in [-0.39, 0.29) is 0 Å². The molecule has 0 aliphatic carbocycles. The minimum absolute atomic E-state index is 0.400. The Bertz CT molecular complexity index is 324. The second-order valence-electron chi connectivity index (χ2n) is 2.17. The van der Waals surface area contributed by atoms with Gasteiger partial charge in [0.2, 0.25) is 0 Å². The van der Waals surface area contributed by atoms with Crippen molar-refractivity contribution in [2.45, 2.75) is 6.18 Å². The fourth-order valence-electron chi connectivity index (χ4n) is 0.388. The van der Waals surface area contributed by atoms with Crippen LogP contribution in [0.25, 0.3) is 0 Å². The number of aliphatic carboxylic acids is 1. The zero-order valence-electron chi connectivity index (χ0n) is 7.19. The lowest BCUT2D eigenvalue weighted by Crippen LogP contribution is -2.21.